The Morgan fingerprint density at radius 1 is 1.29 bits per heavy atom. The third-order valence-corrected chi connectivity index (χ3v) is 6.24. The molecule has 1 saturated heterocycles. The first kappa shape index (κ1) is 17.4. The molecule has 6 nitrogen and oxygen atoms in total. The Balaban J connectivity index is 1.76. The van der Waals surface area contributed by atoms with Crippen molar-refractivity contribution >= 4 is 15.9 Å². The Bertz CT molecular complexity index is 699. The van der Waals surface area contributed by atoms with Crippen LogP contribution in [0, 0.1) is 0 Å². The van der Waals surface area contributed by atoms with E-state index in [1.54, 1.807) is 23.1 Å². The fraction of sp³-hybridized carbons (Fsp3) is 0.588. The topological polar surface area (TPSA) is 78.5 Å². The molecule has 2 fully saturated rings. The predicted octanol–water partition coefficient (Wildman–Crippen LogP) is 1.34. The van der Waals surface area contributed by atoms with Crippen LogP contribution < -0.4 is 10.0 Å². The van der Waals surface area contributed by atoms with Gasteiger partial charge in [0.2, 0.25) is 10.0 Å². The first-order valence-corrected chi connectivity index (χ1v) is 10.1. The van der Waals surface area contributed by atoms with Gasteiger partial charge in [0, 0.05) is 37.3 Å². The molecule has 3 rings (SSSR count). The fourth-order valence-corrected chi connectivity index (χ4v) is 4.78. The standard InChI is InChI=1S/C17H25N3O3S/c1-13-12-20(10-9-18-13)17(21)14-5-4-8-16(11-14)24(22,23)19-15-6-2-3-7-15/h4-5,8,11,13,15,18-19H,2-3,6-7,9-10,12H2,1H3. The molecule has 0 aromatic heterocycles. The molecule has 2 aliphatic rings. The van der Waals surface area contributed by atoms with Crippen LogP contribution in [-0.2, 0) is 10.0 Å². The van der Waals surface area contributed by atoms with E-state index in [4.69, 9.17) is 0 Å². The van der Waals surface area contributed by atoms with E-state index < -0.39 is 10.0 Å². The van der Waals surface area contributed by atoms with Crippen LogP contribution in [0.15, 0.2) is 29.2 Å². The summed E-state index contributed by atoms with van der Waals surface area (Å²) in [6.07, 6.45) is 3.90. The highest BCUT2D eigenvalue weighted by molar-refractivity contribution is 7.89. The SMILES string of the molecule is CC1CN(C(=O)c2cccc(S(=O)(=O)NC3CCCC3)c2)CCN1. The van der Waals surface area contributed by atoms with Crippen molar-refractivity contribution in [3.63, 3.8) is 0 Å². The second-order valence-corrected chi connectivity index (χ2v) is 8.45. The molecule has 132 valence electrons. The minimum atomic E-state index is -3.57. The van der Waals surface area contributed by atoms with Crippen molar-refractivity contribution in [1.82, 2.24) is 14.9 Å². The number of carbonyl (C=O) groups is 1. The van der Waals surface area contributed by atoms with Crippen LogP contribution in [0.4, 0.5) is 0 Å². The molecule has 7 heteroatoms. The van der Waals surface area contributed by atoms with Crippen LogP contribution in [0.1, 0.15) is 43.0 Å². The van der Waals surface area contributed by atoms with E-state index >= 15 is 0 Å². The molecule has 0 bridgehead atoms. The molecule has 1 heterocycles. The highest BCUT2D eigenvalue weighted by atomic mass is 32.2. The Hall–Kier alpha value is -1.44. The first-order chi connectivity index (χ1) is 11.5. The minimum Gasteiger partial charge on any atom is -0.336 e. The van der Waals surface area contributed by atoms with E-state index in [2.05, 4.69) is 10.0 Å². The average molecular weight is 351 g/mol. The molecule has 1 aliphatic carbocycles. The number of rotatable bonds is 4. The maximum atomic E-state index is 12.7. The Kier molecular flexibility index (Phi) is 5.22. The van der Waals surface area contributed by atoms with Crippen molar-refractivity contribution in [2.45, 2.75) is 49.6 Å². The van der Waals surface area contributed by atoms with Crippen molar-refractivity contribution in [2.24, 2.45) is 0 Å². The van der Waals surface area contributed by atoms with Gasteiger partial charge in [-0.3, -0.25) is 4.79 Å². The zero-order valence-electron chi connectivity index (χ0n) is 14.0. The van der Waals surface area contributed by atoms with Gasteiger partial charge in [-0.25, -0.2) is 13.1 Å². The third kappa shape index (κ3) is 3.96. The molecular formula is C17H25N3O3S. The molecular weight excluding hydrogens is 326 g/mol. The van der Waals surface area contributed by atoms with Crippen LogP contribution in [0.25, 0.3) is 0 Å². The Morgan fingerprint density at radius 3 is 2.75 bits per heavy atom. The molecule has 1 aromatic carbocycles. The summed E-state index contributed by atoms with van der Waals surface area (Å²) in [4.78, 5) is 14.6. The van der Waals surface area contributed by atoms with Gasteiger partial charge in [-0.05, 0) is 38.0 Å². The first-order valence-electron chi connectivity index (χ1n) is 8.61. The maximum absolute atomic E-state index is 12.7. The van der Waals surface area contributed by atoms with Crippen LogP contribution in [0.3, 0.4) is 0 Å². The van der Waals surface area contributed by atoms with Crippen molar-refractivity contribution < 1.29 is 13.2 Å². The molecule has 1 aliphatic heterocycles. The van der Waals surface area contributed by atoms with Gasteiger partial charge < -0.3 is 10.2 Å². The van der Waals surface area contributed by atoms with Crippen LogP contribution in [0.2, 0.25) is 0 Å². The molecule has 1 amide bonds. The van der Waals surface area contributed by atoms with Gasteiger partial charge in [-0.1, -0.05) is 18.9 Å². The highest BCUT2D eigenvalue weighted by Gasteiger charge is 2.25. The lowest BCUT2D eigenvalue weighted by Gasteiger charge is -2.32. The average Bonchev–Trinajstić information content (AvgIpc) is 3.06. The summed E-state index contributed by atoms with van der Waals surface area (Å²) < 4.78 is 27.9. The van der Waals surface area contributed by atoms with Crippen molar-refractivity contribution in [1.29, 1.82) is 0 Å². The van der Waals surface area contributed by atoms with Gasteiger partial charge >= 0.3 is 0 Å². The second kappa shape index (κ2) is 7.21. The Morgan fingerprint density at radius 2 is 2.04 bits per heavy atom. The van der Waals surface area contributed by atoms with E-state index in [0.29, 0.717) is 18.7 Å². The summed E-state index contributed by atoms with van der Waals surface area (Å²) in [5.41, 5.74) is 0.429. The van der Waals surface area contributed by atoms with Crippen molar-refractivity contribution in [3.05, 3.63) is 29.8 Å². The predicted molar refractivity (Wildman–Crippen MR) is 92.4 cm³/mol. The van der Waals surface area contributed by atoms with Crippen molar-refractivity contribution in [2.75, 3.05) is 19.6 Å². The van der Waals surface area contributed by atoms with E-state index in [0.717, 1.165) is 32.2 Å². The number of carbonyl (C=O) groups excluding carboxylic acids is 1. The van der Waals surface area contributed by atoms with Gasteiger partial charge in [0.1, 0.15) is 0 Å². The molecule has 24 heavy (non-hydrogen) atoms. The van der Waals surface area contributed by atoms with E-state index in [1.807, 2.05) is 6.92 Å². The van der Waals surface area contributed by atoms with Crippen molar-refractivity contribution in [3.8, 4) is 0 Å². The summed E-state index contributed by atoms with van der Waals surface area (Å²) in [6, 6.07) is 6.63. The quantitative estimate of drug-likeness (QED) is 0.858. The summed E-state index contributed by atoms with van der Waals surface area (Å²) in [5.74, 6) is -0.110. The zero-order valence-corrected chi connectivity index (χ0v) is 14.8. The third-order valence-electron chi connectivity index (χ3n) is 4.72. The molecule has 1 aromatic rings. The van der Waals surface area contributed by atoms with Gasteiger partial charge in [0.05, 0.1) is 4.90 Å². The molecule has 2 N–H and O–H groups in total. The lowest BCUT2D eigenvalue weighted by atomic mass is 10.1. The summed E-state index contributed by atoms with van der Waals surface area (Å²) in [5, 5.41) is 3.29. The molecule has 1 atom stereocenters. The smallest absolute Gasteiger partial charge is 0.253 e. The van der Waals surface area contributed by atoms with Crippen LogP contribution >= 0.6 is 0 Å². The van der Waals surface area contributed by atoms with Gasteiger partial charge in [-0.2, -0.15) is 0 Å². The van der Waals surface area contributed by atoms with E-state index in [1.165, 1.54) is 6.07 Å². The Labute approximate surface area is 143 Å². The largest absolute Gasteiger partial charge is 0.336 e. The number of amides is 1. The van der Waals surface area contributed by atoms with Crippen LogP contribution in [0.5, 0.6) is 0 Å². The number of hydrogen-bond donors (Lipinski definition) is 2. The minimum absolute atomic E-state index is 0.0170. The number of benzene rings is 1. The summed E-state index contributed by atoms with van der Waals surface area (Å²) in [6.45, 7) is 4.07. The number of piperazine rings is 1. The monoisotopic (exact) mass is 351 g/mol. The normalized spacial score (nSPS) is 22.7. The van der Waals surface area contributed by atoms with Gasteiger partial charge in [0.15, 0.2) is 0 Å². The number of nitrogens with zero attached hydrogens (tertiary/aromatic N) is 1. The van der Waals surface area contributed by atoms with Gasteiger partial charge in [0.25, 0.3) is 5.91 Å². The fourth-order valence-electron chi connectivity index (χ4n) is 3.43. The molecule has 1 saturated carbocycles. The van der Waals surface area contributed by atoms with E-state index in [9.17, 15) is 13.2 Å². The molecule has 1 unspecified atom stereocenters. The summed E-state index contributed by atoms with van der Waals surface area (Å²) >= 11 is 0. The lowest BCUT2D eigenvalue weighted by Crippen LogP contribution is -2.51. The molecule has 0 radical (unpaired) electrons. The number of sulfonamides is 1. The number of nitrogens with one attached hydrogen (secondary N) is 2. The van der Waals surface area contributed by atoms with Crippen LogP contribution in [-0.4, -0.2) is 50.9 Å². The highest BCUT2D eigenvalue weighted by Crippen LogP contribution is 2.21. The second-order valence-electron chi connectivity index (χ2n) is 6.74. The maximum Gasteiger partial charge on any atom is 0.253 e. The van der Waals surface area contributed by atoms with E-state index in [-0.39, 0.29) is 22.9 Å². The summed E-state index contributed by atoms with van der Waals surface area (Å²) in [7, 11) is -3.57. The zero-order chi connectivity index (χ0) is 17.2. The number of hydrogen-bond acceptors (Lipinski definition) is 4. The molecule has 0 spiro atoms. The lowest BCUT2D eigenvalue weighted by molar-refractivity contribution is 0.0709. The van der Waals surface area contributed by atoms with Gasteiger partial charge in [-0.15, -0.1) is 0 Å².